The van der Waals surface area contributed by atoms with Crippen LogP contribution in [0.5, 0.6) is 0 Å². The fraction of sp³-hybridized carbons (Fsp3) is 0.217. The molecule has 0 aliphatic heterocycles. The Bertz CT molecular complexity index is 889. The molecular weight excluding hydrogens is 334 g/mol. The van der Waals surface area contributed by atoms with Crippen LogP contribution in [0.1, 0.15) is 42.6 Å². The van der Waals surface area contributed by atoms with E-state index in [4.69, 9.17) is 0 Å². The fourth-order valence-electron chi connectivity index (χ4n) is 2.98. The summed E-state index contributed by atoms with van der Waals surface area (Å²) in [6.45, 7) is 7.16. The second-order valence-electron chi connectivity index (χ2n) is 6.74. The minimum absolute atomic E-state index is 0.161. The van der Waals surface area contributed by atoms with Gasteiger partial charge in [0.15, 0.2) is 0 Å². The molecule has 0 atom stereocenters. The number of nitrogens with zero attached hydrogens (tertiary/aromatic N) is 2. The van der Waals surface area contributed by atoms with Gasteiger partial charge in [0.25, 0.3) is 5.91 Å². The molecule has 1 aromatic heterocycles. The van der Waals surface area contributed by atoms with Gasteiger partial charge in [-0.1, -0.05) is 44.2 Å². The van der Waals surface area contributed by atoms with Crippen LogP contribution in [0, 0.1) is 0 Å². The Kier molecular flexibility index (Phi) is 5.87. The van der Waals surface area contributed by atoms with Crippen molar-refractivity contribution in [3.8, 4) is 0 Å². The number of aromatic nitrogens is 1. The maximum absolute atomic E-state index is 12.7. The molecule has 0 aliphatic carbocycles. The van der Waals surface area contributed by atoms with Crippen molar-refractivity contribution in [2.24, 2.45) is 0 Å². The van der Waals surface area contributed by atoms with Crippen molar-refractivity contribution in [2.75, 3.05) is 16.8 Å². The number of carbonyl (C=O) groups excluding carboxylic acids is 1. The summed E-state index contributed by atoms with van der Waals surface area (Å²) in [6.07, 6.45) is 3.38. The summed E-state index contributed by atoms with van der Waals surface area (Å²) < 4.78 is 0. The molecule has 0 saturated carbocycles. The lowest BCUT2D eigenvalue weighted by Gasteiger charge is -2.23. The predicted octanol–water partition coefficient (Wildman–Crippen LogP) is 5.62. The summed E-state index contributed by atoms with van der Waals surface area (Å²) in [5, 5.41) is 2.95. The first-order valence-corrected chi connectivity index (χ1v) is 9.27. The zero-order valence-electron chi connectivity index (χ0n) is 16.0. The quantitative estimate of drug-likeness (QED) is 0.622. The molecule has 1 N–H and O–H groups in total. The Balaban J connectivity index is 1.79. The van der Waals surface area contributed by atoms with E-state index >= 15 is 0 Å². The zero-order chi connectivity index (χ0) is 19.2. The van der Waals surface area contributed by atoms with Crippen molar-refractivity contribution in [1.82, 2.24) is 4.98 Å². The van der Waals surface area contributed by atoms with E-state index in [9.17, 15) is 4.79 Å². The van der Waals surface area contributed by atoms with Crippen molar-refractivity contribution in [1.29, 1.82) is 0 Å². The molecule has 3 aromatic rings. The second kappa shape index (κ2) is 8.49. The maximum Gasteiger partial charge on any atom is 0.257 e. The molecule has 1 amide bonds. The van der Waals surface area contributed by atoms with Crippen LogP contribution in [-0.2, 0) is 0 Å². The summed E-state index contributed by atoms with van der Waals surface area (Å²) in [4.78, 5) is 19.1. The molecule has 0 unspecified atom stereocenters. The summed E-state index contributed by atoms with van der Waals surface area (Å²) in [7, 11) is 0. The first kappa shape index (κ1) is 18.6. The van der Waals surface area contributed by atoms with E-state index in [0.29, 0.717) is 11.5 Å². The SMILES string of the molecule is CCN(c1ccccc1)c1cncc(C(=O)Nc2ccc(C(C)C)cc2)c1. The normalized spacial score (nSPS) is 10.7. The Labute approximate surface area is 160 Å². The summed E-state index contributed by atoms with van der Waals surface area (Å²) in [5.41, 5.74) is 4.54. The molecule has 138 valence electrons. The lowest BCUT2D eigenvalue weighted by Crippen LogP contribution is -2.18. The number of amides is 1. The van der Waals surface area contributed by atoms with Crippen molar-refractivity contribution in [3.63, 3.8) is 0 Å². The number of rotatable bonds is 6. The van der Waals surface area contributed by atoms with Gasteiger partial charge in [-0.2, -0.15) is 0 Å². The van der Waals surface area contributed by atoms with Gasteiger partial charge in [0.2, 0.25) is 0 Å². The van der Waals surface area contributed by atoms with E-state index in [0.717, 1.165) is 23.6 Å². The van der Waals surface area contributed by atoms with Crippen molar-refractivity contribution >= 4 is 23.0 Å². The largest absolute Gasteiger partial charge is 0.340 e. The van der Waals surface area contributed by atoms with Gasteiger partial charge < -0.3 is 10.2 Å². The molecule has 1 heterocycles. The molecule has 0 bridgehead atoms. The number of hydrogen-bond donors (Lipinski definition) is 1. The molecule has 4 nitrogen and oxygen atoms in total. The lowest BCUT2D eigenvalue weighted by molar-refractivity contribution is 0.102. The Morgan fingerprint density at radius 3 is 2.33 bits per heavy atom. The molecule has 3 rings (SSSR count). The molecule has 27 heavy (non-hydrogen) atoms. The highest BCUT2D eigenvalue weighted by Gasteiger charge is 2.12. The highest BCUT2D eigenvalue weighted by Crippen LogP contribution is 2.25. The van der Waals surface area contributed by atoms with Crippen LogP contribution in [0.2, 0.25) is 0 Å². The minimum Gasteiger partial charge on any atom is -0.340 e. The molecule has 0 saturated heterocycles. The standard InChI is InChI=1S/C23H25N3O/c1-4-26(21-8-6-5-7-9-21)22-14-19(15-24-16-22)23(27)25-20-12-10-18(11-13-20)17(2)3/h5-17H,4H2,1-3H3,(H,25,27). The molecule has 0 spiro atoms. The molecular formula is C23H25N3O. The van der Waals surface area contributed by atoms with Crippen LogP contribution >= 0.6 is 0 Å². The number of anilines is 3. The molecule has 4 heteroatoms. The van der Waals surface area contributed by atoms with Gasteiger partial charge in [0.1, 0.15) is 0 Å². The number of benzene rings is 2. The number of pyridine rings is 1. The van der Waals surface area contributed by atoms with Gasteiger partial charge in [-0.15, -0.1) is 0 Å². The van der Waals surface area contributed by atoms with Gasteiger partial charge in [-0.05, 0) is 48.7 Å². The highest BCUT2D eigenvalue weighted by atomic mass is 16.1. The minimum atomic E-state index is -0.161. The molecule has 0 fully saturated rings. The fourth-order valence-corrected chi connectivity index (χ4v) is 2.98. The Morgan fingerprint density at radius 2 is 1.70 bits per heavy atom. The second-order valence-corrected chi connectivity index (χ2v) is 6.74. The van der Waals surface area contributed by atoms with Gasteiger partial charge in [0, 0.05) is 24.1 Å². The summed E-state index contributed by atoms with van der Waals surface area (Å²) in [5.74, 6) is 0.305. The first-order valence-electron chi connectivity index (χ1n) is 9.27. The van der Waals surface area contributed by atoms with E-state index < -0.39 is 0 Å². The maximum atomic E-state index is 12.7. The van der Waals surface area contributed by atoms with Crippen LogP contribution in [0.25, 0.3) is 0 Å². The van der Waals surface area contributed by atoms with Crippen LogP contribution in [0.15, 0.2) is 73.1 Å². The van der Waals surface area contributed by atoms with Gasteiger partial charge in [-0.3, -0.25) is 9.78 Å². The highest BCUT2D eigenvalue weighted by molar-refractivity contribution is 6.04. The lowest BCUT2D eigenvalue weighted by atomic mass is 10.0. The molecule has 2 aromatic carbocycles. The van der Waals surface area contributed by atoms with E-state index in [2.05, 4.69) is 36.0 Å². The van der Waals surface area contributed by atoms with Crippen molar-refractivity contribution < 1.29 is 4.79 Å². The number of para-hydroxylation sites is 1. The number of nitrogens with one attached hydrogen (secondary N) is 1. The smallest absolute Gasteiger partial charge is 0.257 e. The van der Waals surface area contributed by atoms with Crippen LogP contribution in [-0.4, -0.2) is 17.4 Å². The van der Waals surface area contributed by atoms with Crippen molar-refractivity contribution in [3.05, 3.63) is 84.2 Å². The van der Waals surface area contributed by atoms with E-state index in [-0.39, 0.29) is 5.91 Å². The van der Waals surface area contributed by atoms with Gasteiger partial charge in [-0.25, -0.2) is 0 Å². The van der Waals surface area contributed by atoms with E-state index in [1.165, 1.54) is 5.56 Å². The summed E-state index contributed by atoms with van der Waals surface area (Å²) >= 11 is 0. The van der Waals surface area contributed by atoms with Crippen LogP contribution in [0.4, 0.5) is 17.1 Å². The Morgan fingerprint density at radius 1 is 1.00 bits per heavy atom. The average molecular weight is 359 g/mol. The third-order valence-electron chi connectivity index (χ3n) is 4.52. The van der Waals surface area contributed by atoms with Crippen LogP contribution in [0.3, 0.4) is 0 Å². The predicted molar refractivity (Wildman–Crippen MR) is 112 cm³/mol. The van der Waals surface area contributed by atoms with Gasteiger partial charge >= 0.3 is 0 Å². The molecule has 0 aliphatic rings. The molecule has 0 radical (unpaired) electrons. The third kappa shape index (κ3) is 4.53. The number of carbonyl (C=O) groups is 1. The topological polar surface area (TPSA) is 45.2 Å². The van der Waals surface area contributed by atoms with Crippen LogP contribution < -0.4 is 10.2 Å². The van der Waals surface area contributed by atoms with E-state index in [1.54, 1.807) is 12.4 Å². The van der Waals surface area contributed by atoms with Crippen molar-refractivity contribution in [2.45, 2.75) is 26.7 Å². The summed E-state index contributed by atoms with van der Waals surface area (Å²) in [6, 6.07) is 19.9. The van der Waals surface area contributed by atoms with E-state index in [1.807, 2.05) is 60.7 Å². The van der Waals surface area contributed by atoms with Gasteiger partial charge in [0.05, 0.1) is 17.4 Å². The average Bonchev–Trinajstić information content (AvgIpc) is 2.70. The first-order chi connectivity index (χ1) is 13.1. The Hall–Kier alpha value is -3.14. The monoisotopic (exact) mass is 359 g/mol. The number of hydrogen-bond acceptors (Lipinski definition) is 3. The third-order valence-corrected chi connectivity index (χ3v) is 4.52. The zero-order valence-corrected chi connectivity index (χ0v) is 16.0.